The Morgan fingerprint density at radius 1 is 1.00 bits per heavy atom. The summed E-state index contributed by atoms with van der Waals surface area (Å²) in [5.41, 5.74) is -0.862. The number of hydrogen-bond donors (Lipinski definition) is 0. The van der Waals surface area contributed by atoms with E-state index in [0.717, 1.165) is 25.6 Å². The minimum Gasteiger partial charge on any atom is -0.380 e. The minimum absolute atomic E-state index is 0.130. The zero-order chi connectivity index (χ0) is 20.1. The summed E-state index contributed by atoms with van der Waals surface area (Å²) in [7, 11) is 0. The van der Waals surface area contributed by atoms with E-state index >= 15 is 0 Å². The Balaban J connectivity index is 1.55. The molecule has 0 radical (unpaired) electrons. The van der Waals surface area contributed by atoms with Gasteiger partial charge in [-0.25, -0.2) is 15.0 Å². The van der Waals surface area contributed by atoms with E-state index in [1.807, 2.05) is 9.80 Å². The predicted octanol–water partition coefficient (Wildman–Crippen LogP) is 1.63. The molecule has 3 aliphatic rings. The summed E-state index contributed by atoms with van der Waals surface area (Å²) >= 11 is 0. The van der Waals surface area contributed by atoms with E-state index < -0.39 is 11.9 Å². The second kappa shape index (κ2) is 6.77. The lowest BCUT2D eigenvalue weighted by atomic mass is 9.78. The van der Waals surface area contributed by atoms with E-state index in [2.05, 4.69) is 19.9 Å². The number of anilines is 2. The standard InChI is InChI=1S/C18H19F3N6O2/c19-18(20,21)15-12(6-22-11-23-15)13-5-14(26-1-3-28-4-2-26)25-16(24-13)27-7-17(8-27)9-29-10-17/h5-6,11H,1-4,7-10H2. The van der Waals surface area contributed by atoms with Gasteiger partial charge in [-0.05, 0) is 0 Å². The number of rotatable bonds is 3. The number of alkyl halides is 3. The number of morpholine rings is 1. The Kier molecular flexibility index (Phi) is 4.32. The third-order valence-electron chi connectivity index (χ3n) is 5.44. The molecule has 29 heavy (non-hydrogen) atoms. The number of ether oxygens (including phenoxy) is 2. The summed E-state index contributed by atoms with van der Waals surface area (Å²) in [6.07, 6.45) is -2.55. The van der Waals surface area contributed by atoms with Crippen LogP contribution in [0.4, 0.5) is 24.9 Å². The Hall–Kier alpha value is -2.53. The highest BCUT2D eigenvalue weighted by Gasteiger charge is 2.50. The van der Waals surface area contributed by atoms with Gasteiger partial charge in [0.2, 0.25) is 5.95 Å². The number of nitrogens with zero attached hydrogens (tertiary/aromatic N) is 6. The summed E-state index contributed by atoms with van der Waals surface area (Å²) < 4.78 is 51.2. The van der Waals surface area contributed by atoms with E-state index in [1.54, 1.807) is 6.07 Å². The first-order valence-corrected chi connectivity index (χ1v) is 9.36. The van der Waals surface area contributed by atoms with Crippen LogP contribution in [0.15, 0.2) is 18.6 Å². The van der Waals surface area contributed by atoms with Crippen molar-refractivity contribution in [3.05, 3.63) is 24.3 Å². The molecule has 0 unspecified atom stereocenters. The van der Waals surface area contributed by atoms with Crippen molar-refractivity contribution in [2.24, 2.45) is 5.41 Å². The highest BCUT2D eigenvalue weighted by Crippen LogP contribution is 2.41. The maximum atomic E-state index is 13.5. The molecule has 11 heteroatoms. The van der Waals surface area contributed by atoms with E-state index in [1.165, 1.54) is 0 Å². The molecule has 3 aliphatic heterocycles. The molecule has 0 aliphatic carbocycles. The van der Waals surface area contributed by atoms with Crippen LogP contribution in [0.2, 0.25) is 0 Å². The van der Waals surface area contributed by atoms with Crippen molar-refractivity contribution >= 4 is 11.8 Å². The van der Waals surface area contributed by atoms with Gasteiger partial charge in [-0.2, -0.15) is 18.2 Å². The summed E-state index contributed by atoms with van der Waals surface area (Å²) in [5, 5.41) is 0. The Morgan fingerprint density at radius 3 is 2.41 bits per heavy atom. The van der Waals surface area contributed by atoms with E-state index in [9.17, 15) is 13.2 Å². The second-order valence-electron chi connectivity index (χ2n) is 7.64. The molecule has 3 fully saturated rings. The first-order chi connectivity index (χ1) is 13.9. The Labute approximate surface area is 164 Å². The molecule has 0 bridgehead atoms. The molecule has 5 rings (SSSR count). The van der Waals surface area contributed by atoms with Gasteiger partial charge in [0.1, 0.15) is 12.1 Å². The van der Waals surface area contributed by atoms with Gasteiger partial charge in [0.05, 0.1) is 37.5 Å². The van der Waals surface area contributed by atoms with Crippen molar-refractivity contribution in [3.63, 3.8) is 0 Å². The van der Waals surface area contributed by atoms with Crippen molar-refractivity contribution < 1.29 is 22.6 Å². The van der Waals surface area contributed by atoms with Crippen molar-refractivity contribution in [2.45, 2.75) is 6.18 Å². The molecule has 3 saturated heterocycles. The second-order valence-corrected chi connectivity index (χ2v) is 7.64. The van der Waals surface area contributed by atoms with Gasteiger partial charge in [-0.3, -0.25) is 0 Å². The highest BCUT2D eigenvalue weighted by atomic mass is 19.4. The maximum Gasteiger partial charge on any atom is 0.434 e. The SMILES string of the molecule is FC(F)(F)c1ncncc1-c1cc(N2CCOCC2)nc(N2CC3(COC3)C2)n1. The molecule has 0 amide bonds. The van der Waals surface area contributed by atoms with Crippen LogP contribution in [0.1, 0.15) is 5.69 Å². The summed E-state index contributed by atoms with van der Waals surface area (Å²) in [5.74, 6) is 0.995. The molecule has 2 aromatic heterocycles. The van der Waals surface area contributed by atoms with Crippen molar-refractivity contribution in [3.8, 4) is 11.3 Å². The van der Waals surface area contributed by atoms with Crippen molar-refractivity contribution in [1.82, 2.24) is 19.9 Å². The van der Waals surface area contributed by atoms with E-state index in [0.29, 0.717) is 51.3 Å². The smallest absolute Gasteiger partial charge is 0.380 e. The summed E-state index contributed by atoms with van der Waals surface area (Å²) in [4.78, 5) is 20.3. The maximum absolute atomic E-state index is 13.5. The molecule has 8 nitrogen and oxygen atoms in total. The predicted molar refractivity (Wildman–Crippen MR) is 96.6 cm³/mol. The van der Waals surface area contributed by atoms with Crippen LogP contribution in [0, 0.1) is 5.41 Å². The highest BCUT2D eigenvalue weighted by molar-refractivity contribution is 5.67. The van der Waals surface area contributed by atoms with Gasteiger partial charge in [-0.15, -0.1) is 0 Å². The molecule has 5 heterocycles. The molecule has 0 atom stereocenters. The van der Waals surface area contributed by atoms with E-state index in [4.69, 9.17) is 9.47 Å². The van der Waals surface area contributed by atoms with E-state index in [-0.39, 0.29) is 16.7 Å². The molecule has 1 spiro atoms. The average molecular weight is 408 g/mol. The molecular formula is C18H19F3N6O2. The molecule has 0 N–H and O–H groups in total. The normalized spacial score (nSPS) is 21.1. The van der Waals surface area contributed by atoms with Gasteiger partial charge in [0.25, 0.3) is 0 Å². The lowest BCUT2D eigenvalue weighted by Crippen LogP contribution is -2.66. The number of hydrogen-bond acceptors (Lipinski definition) is 8. The fraction of sp³-hybridized carbons (Fsp3) is 0.556. The fourth-order valence-corrected chi connectivity index (χ4v) is 3.88. The van der Waals surface area contributed by atoms with Gasteiger partial charge >= 0.3 is 6.18 Å². The van der Waals surface area contributed by atoms with Gasteiger partial charge in [-0.1, -0.05) is 0 Å². The van der Waals surface area contributed by atoms with Crippen LogP contribution in [-0.4, -0.2) is 72.5 Å². The minimum atomic E-state index is -4.60. The van der Waals surface area contributed by atoms with Crippen LogP contribution >= 0.6 is 0 Å². The first-order valence-electron chi connectivity index (χ1n) is 9.36. The topological polar surface area (TPSA) is 76.5 Å². The average Bonchev–Trinajstić information content (AvgIpc) is 2.66. The largest absolute Gasteiger partial charge is 0.434 e. The lowest BCUT2D eigenvalue weighted by Gasteiger charge is -2.55. The van der Waals surface area contributed by atoms with Crippen LogP contribution in [0.5, 0.6) is 0 Å². The van der Waals surface area contributed by atoms with Crippen molar-refractivity contribution in [2.75, 3.05) is 62.4 Å². The molecule has 0 saturated carbocycles. The third-order valence-corrected chi connectivity index (χ3v) is 5.44. The number of aromatic nitrogens is 4. The molecule has 154 valence electrons. The monoisotopic (exact) mass is 408 g/mol. The summed E-state index contributed by atoms with van der Waals surface area (Å²) in [6, 6.07) is 1.57. The Morgan fingerprint density at radius 2 is 1.76 bits per heavy atom. The van der Waals surface area contributed by atoms with Gasteiger partial charge in [0, 0.05) is 44.0 Å². The van der Waals surface area contributed by atoms with Gasteiger partial charge in [0.15, 0.2) is 5.69 Å². The van der Waals surface area contributed by atoms with Crippen LogP contribution in [0.3, 0.4) is 0 Å². The quantitative estimate of drug-likeness (QED) is 0.759. The first kappa shape index (κ1) is 18.5. The van der Waals surface area contributed by atoms with Crippen LogP contribution in [0.25, 0.3) is 11.3 Å². The molecule has 2 aromatic rings. The van der Waals surface area contributed by atoms with Crippen LogP contribution in [-0.2, 0) is 15.7 Å². The summed E-state index contributed by atoms with van der Waals surface area (Å²) in [6.45, 7) is 5.18. The van der Waals surface area contributed by atoms with Crippen molar-refractivity contribution in [1.29, 1.82) is 0 Å². The zero-order valence-electron chi connectivity index (χ0n) is 15.5. The molecular weight excluding hydrogens is 389 g/mol. The Bertz CT molecular complexity index is 907. The lowest BCUT2D eigenvalue weighted by molar-refractivity contribution is -0.140. The fourth-order valence-electron chi connectivity index (χ4n) is 3.88. The molecule has 0 aromatic carbocycles. The van der Waals surface area contributed by atoms with Crippen LogP contribution < -0.4 is 9.80 Å². The third kappa shape index (κ3) is 3.38. The number of halogens is 3. The zero-order valence-corrected chi connectivity index (χ0v) is 15.5. The van der Waals surface area contributed by atoms with Gasteiger partial charge < -0.3 is 19.3 Å².